The van der Waals surface area contributed by atoms with E-state index in [2.05, 4.69) is 5.16 Å². The van der Waals surface area contributed by atoms with E-state index in [4.69, 9.17) is 9.26 Å². The molecule has 0 atom stereocenters. The molecule has 1 aromatic carbocycles. The van der Waals surface area contributed by atoms with Gasteiger partial charge in [-0.15, -0.1) is 0 Å². The highest BCUT2D eigenvalue weighted by Crippen LogP contribution is 2.23. The molecule has 202 valence electrons. The number of fused-ring (bicyclic) bond motifs is 1. The second kappa shape index (κ2) is 11.1. The second-order valence-corrected chi connectivity index (χ2v) is 9.30. The lowest BCUT2D eigenvalue weighted by atomic mass is 10.0. The van der Waals surface area contributed by atoms with Crippen LogP contribution in [-0.4, -0.2) is 57.5 Å². The molecule has 0 saturated heterocycles. The van der Waals surface area contributed by atoms with E-state index >= 15 is 0 Å². The number of aromatic hydroxyl groups is 1. The first-order valence-electron chi connectivity index (χ1n) is 12.1. The lowest BCUT2D eigenvalue weighted by Crippen LogP contribution is -2.54. The first-order chi connectivity index (χ1) is 18.0. The molecule has 0 spiro atoms. The molecule has 12 heteroatoms. The monoisotopic (exact) mass is 530 g/mol. The van der Waals surface area contributed by atoms with Crippen molar-refractivity contribution >= 4 is 11.7 Å². The van der Waals surface area contributed by atoms with Gasteiger partial charge in [-0.25, -0.2) is 8.78 Å². The van der Waals surface area contributed by atoms with Crippen molar-refractivity contribution in [1.82, 2.24) is 14.7 Å². The number of carbonyl (C=O) groups is 2. The van der Waals surface area contributed by atoms with E-state index in [0.717, 1.165) is 6.07 Å². The van der Waals surface area contributed by atoms with Crippen molar-refractivity contribution in [3.8, 4) is 5.75 Å². The fourth-order valence-electron chi connectivity index (χ4n) is 4.17. The topological polar surface area (TPSA) is 118 Å². The van der Waals surface area contributed by atoms with Crippen LogP contribution in [0.15, 0.2) is 39.8 Å². The number of benzene rings is 1. The molecule has 10 nitrogen and oxygen atoms in total. The minimum Gasteiger partial charge on any atom is -0.502 e. The zero-order chi connectivity index (χ0) is 27.6. The Morgan fingerprint density at radius 3 is 2.66 bits per heavy atom. The number of amides is 1. The summed E-state index contributed by atoms with van der Waals surface area (Å²) in [7, 11) is 0. The van der Waals surface area contributed by atoms with Gasteiger partial charge in [-0.2, -0.15) is 0 Å². The Balaban J connectivity index is 1.66. The number of hydrogen-bond donors (Lipinski definition) is 1. The molecule has 0 aliphatic carbocycles. The van der Waals surface area contributed by atoms with Crippen molar-refractivity contribution in [3.05, 3.63) is 80.6 Å². The van der Waals surface area contributed by atoms with Crippen LogP contribution >= 0.6 is 0 Å². The van der Waals surface area contributed by atoms with Gasteiger partial charge in [0, 0.05) is 31.3 Å². The molecule has 1 amide bonds. The number of ether oxygens (including phenoxy) is 1. The van der Waals surface area contributed by atoms with E-state index in [9.17, 15) is 28.3 Å². The third-order valence-corrected chi connectivity index (χ3v) is 6.06. The summed E-state index contributed by atoms with van der Waals surface area (Å²) in [5, 5.41) is 16.4. The molecule has 1 aliphatic rings. The SMILES string of the molecule is Cc1cc(CN2CN(CCOC(C)C)C(=O)c3c(O)c(=O)c(C(=O)CCc4ccc(F)cc4F)cn32)no1. The van der Waals surface area contributed by atoms with Gasteiger partial charge < -0.3 is 19.3 Å². The summed E-state index contributed by atoms with van der Waals surface area (Å²) in [5.74, 6) is -3.11. The summed E-state index contributed by atoms with van der Waals surface area (Å²) in [6, 6.07) is 4.73. The van der Waals surface area contributed by atoms with Gasteiger partial charge in [-0.1, -0.05) is 11.2 Å². The largest absolute Gasteiger partial charge is 0.502 e. The molecule has 0 fully saturated rings. The predicted octanol–water partition coefficient (Wildman–Crippen LogP) is 2.92. The highest BCUT2D eigenvalue weighted by molar-refractivity contribution is 6.00. The van der Waals surface area contributed by atoms with Crippen molar-refractivity contribution in [2.45, 2.75) is 46.3 Å². The molecule has 38 heavy (non-hydrogen) atoms. The molecular formula is C26H28F2N4O6. The van der Waals surface area contributed by atoms with Gasteiger partial charge in [-0.3, -0.25) is 24.1 Å². The normalized spacial score (nSPS) is 13.4. The van der Waals surface area contributed by atoms with Crippen LogP contribution < -0.4 is 10.4 Å². The molecule has 0 unspecified atom stereocenters. The van der Waals surface area contributed by atoms with Crippen molar-refractivity contribution in [1.29, 1.82) is 0 Å². The number of hydrogen-bond acceptors (Lipinski definition) is 8. The first kappa shape index (κ1) is 27.0. The Hall–Kier alpha value is -4.06. The van der Waals surface area contributed by atoms with Crippen LogP contribution in [-0.2, 0) is 17.7 Å². The van der Waals surface area contributed by atoms with Gasteiger partial charge in [0.25, 0.3) is 5.91 Å². The Kier molecular flexibility index (Phi) is 7.91. The van der Waals surface area contributed by atoms with Crippen LogP contribution in [0.4, 0.5) is 8.78 Å². The summed E-state index contributed by atoms with van der Waals surface area (Å²) < 4.78 is 39.2. The standard InChI is InChI=1S/C26H28F2N4O6/c1-15(2)37-9-8-30-14-31(12-19-10-16(3)38-29-19)32-13-20(24(34)25(35)23(32)26(30)36)22(33)7-5-17-4-6-18(27)11-21(17)28/h4,6,10-11,13,15,35H,5,7-9,12,14H2,1-3H3. The fraction of sp³-hybridized carbons (Fsp3) is 0.385. The molecule has 1 N–H and O–H groups in total. The average molecular weight is 531 g/mol. The van der Waals surface area contributed by atoms with Crippen molar-refractivity contribution < 1.29 is 32.7 Å². The second-order valence-electron chi connectivity index (χ2n) is 9.30. The molecule has 1 aliphatic heterocycles. The lowest BCUT2D eigenvalue weighted by molar-refractivity contribution is 0.0426. The predicted molar refractivity (Wildman–Crippen MR) is 132 cm³/mol. The zero-order valence-corrected chi connectivity index (χ0v) is 21.2. The van der Waals surface area contributed by atoms with Crippen molar-refractivity contribution in [2.75, 3.05) is 24.8 Å². The minimum absolute atomic E-state index is 0.0515. The number of aromatic nitrogens is 2. The third-order valence-electron chi connectivity index (χ3n) is 6.06. The van der Waals surface area contributed by atoms with Crippen LogP contribution in [0.3, 0.4) is 0 Å². The number of pyridine rings is 1. The molecule has 3 aromatic rings. The lowest BCUT2D eigenvalue weighted by Gasteiger charge is -2.39. The molecule has 0 radical (unpaired) electrons. The van der Waals surface area contributed by atoms with Crippen molar-refractivity contribution in [3.63, 3.8) is 0 Å². The molecule has 3 heterocycles. The van der Waals surface area contributed by atoms with E-state index in [-0.39, 0.29) is 62.1 Å². The fourth-order valence-corrected chi connectivity index (χ4v) is 4.17. The van der Waals surface area contributed by atoms with Gasteiger partial charge in [-0.05, 0) is 38.8 Å². The van der Waals surface area contributed by atoms with Crippen LogP contribution in [0.1, 0.15) is 58.1 Å². The van der Waals surface area contributed by atoms with Gasteiger partial charge in [0.2, 0.25) is 5.43 Å². The molecule has 0 saturated carbocycles. The zero-order valence-electron chi connectivity index (χ0n) is 21.2. The summed E-state index contributed by atoms with van der Waals surface area (Å²) >= 11 is 0. The number of rotatable bonds is 10. The van der Waals surface area contributed by atoms with Crippen LogP contribution in [0.2, 0.25) is 0 Å². The van der Waals surface area contributed by atoms with Crippen LogP contribution in [0, 0.1) is 18.6 Å². The number of nitrogens with zero attached hydrogens (tertiary/aromatic N) is 4. The van der Waals surface area contributed by atoms with E-state index in [1.165, 1.54) is 21.8 Å². The minimum atomic E-state index is -1.01. The van der Waals surface area contributed by atoms with E-state index in [1.54, 1.807) is 18.0 Å². The maximum Gasteiger partial charge on any atom is 0.277 e. The van der Waals surface area contributed by atoms with Gasteiger partial charge in [0.05, 0.1) is 24.8 Å². The van der Waals surface area contributed by atoms with E-state index in [0.29, 0.717) is 17.5 Å². The number of halogens is 2. The molecule has 2 aromatic heterocycles. The highest BCUT2D eigenvalue weighted by Gasteiger charge is 2.34. The Morgan fingerprint density at radius 1 is 1.24 bits per heavy atom. The van der Waals surface area contributed by atoms with Gasteiger partial charge in [0.15, 0.2) is 17.2 Å². The van der Waals surface area contributed by atoms with E-state index in [1.807, 2.05) is 13.8 Å². The number of Topliss-reactive ketones (excluding diaryl/α,β-unsaturated/α-hetero) is 1. The first-order valence-corrected chi connectivity index (χ1v) is 12.1. The van der Waals surface area contributed by atoms with Crippen LogP contribution in [0.25, 0.3) is 0 Å². The maximum absolute atomic E-state index is 14.0. The van der Waals surface area contributed by atoms with Gasteiger partial charge in [0.1, 0.15) is 29.8 Å². The number of carbonyl (C=O) groups excluding carboxylic acids is 2. The smallest absolute Gasteiger partial charge is 0.277 e. The Bertz CT molecular complexity index is 1420. The van der Waals surface area contributed by atoms with Gasteiger partial charge >= 0.3 is 0 Å². The van der Waals surface area contributed by atoms with E-state index < -0.39 is 34.5 Å². The van der Waals surface area contributed by atoms with Crippen LogP contribution in [0.5, 0.6) is 5.75 Å². The van der Waals surface area contributed by atoms with Crippen molar-refractivity contribution in [2.24, 2.45) is 0 Å². The highest BCUT2D eigenvalue weighted by atomic mass is 19.1. The average Bonchev–Trinajstić information content (AvgIpc) is 3.27. The molecule has 4 rings (SSSR count). The summed E-state index contributed by atoms with van der Waals surface area (Å²) in [6.07, 6.45) is 0.792. The number of ketones is 1. The number of aryl methyl sites for hydroxylation is 2. The summed E-state index contributed by atoms with van der Waals surface area (Å²) in [6.45, 7) is 6.07. The summed E-state index contributed by atoms with van der Waals surface area (Å²) in [4.78, 5) is 40.7. The molecule has 0 bridgehead atoms. The summed E-state index contributed by atoms with van der Waals surface area (Å²) in [5.41, 5.74) is -1.03. The third kappa shape index (κ3) is 5.75. The molecular weight excluding hydrogens is 502 g/mol. The Labute approximate surface area is 217 Å². The quantitative estimate of drug-likeness (QED) is 0.398. The Morgan fingerprint density at radius 2 is 2.00 bits per heavy atom. The maximum atomic E-state index is 14.0.